The van der Waals surface area contributed by atoms with Gasteiger partial charge in [-0.2, -0.15) is 0 Å². The van der Waals surface area contributed by atoms with Gasteiger partial charge in [0.2, 0.25) is 0 Å². The molecule has 0 bridgehead atoms. The van der Waals surface area contributed by atoms with Gasteiger partial charge in [0.05, 0.1) is 5.02 Å². The van der Waals surface area contributed by atoms with Crippen LogP contribution in [-0.2, 0) is 0 Å². The predicted octanol–water partition coefficient (Wildman–Crippen LogP) is 3.85. The van der Waals surface area contributed by atoms with Crippen molar-refractivity contribution in [2.45, 2.75) is 25.3 Å². The van der Waals surface area contributed by atoms with E-state index >= 15 is 0 Å². The van der Waals surface area contributed by atoms with Crippen LogP contribution in [0.5, 0.6) is 0 Å². The third-order valence-electron chi connectivity index (χ3n) is 2.74. The third-order valence-corrected chi connectivity index (χ3v) is 3.03. The van der Waals surface area contributed by atoms with E-state index in [0.29, 0.717) is 0 Å². The van der Waals surface area contributed by atoms with Crippen molar-refractivity contribution in [2.75, 3.05) is 6.54 Å². The molecule has 5 heteroatoms. The zero-order valence-corrected chi connectivity index (χ0v) is 10.2. The fraction of sp³-hybridized carbons (Fsp3) is 0.455. The van der Waals surface area contributed by atoms with E-state index in [4.69, 9.17) is 11.6 Å². The van der Waals surface area contributed by atoms with E-state index in [-0.39, 0.29) is 29.0 Å². The second kappa shape index (κ2) is 5.80. The average Bonchev–Trinajstić information content (AvgIpc) is 2.26. The van der Waals surface area contributed by atoms with Gasteiger partial charge in [0.1, 0.15) is 11.6 Å². The molecule has 1 atom stereocenters. The number of hydrogen-bond acceptors (Lipinski definition) is 1. The molecule has 16 heavy (non-hydrogen) atoms. The first-order valence-electron chi connectivity index (χ1n) is 5.07. The SMILES string of the molecule is Cl.Fc1ccc(Cl)c(F)c1[C@@H]1CCCCN1. The van der Waals surface area contributed by atoms with Crippen LogP contribution in [-0.4, -0.2) is 6.54 Å². The summed E-state index contributed by atoms with van der Waals surface area (Å²) in [4.78, 5) is 0. The number of rotatable bonds is 1. The highest BCUT2D eigenvalue weighted by Gasteiger charge is 2.23. The normalized spacial score (nSPS) is 20.3. The maximum absolute atomic E-state index is 13.6. The van der Waals surface area contributed by atoms with Crippen molar-refractivity contribution in [3.63, 3.8) is 0 Å². The van der Waals surface area contributed by atoms with Crippen LogP contribution in [0.2, 0.25) is 5.02 Å². The highest BCUT2D eigenvalue weighted by Crippen LogP contribution is 2.30. The van der Waals surface area contributed by atoms with E-state index < -0.39 is 11.6 Å². The molecule has 0 amide bonds. The lowest BCUT2D eigenvalue weighted by molar-refractivity contribution is 0.385. The molecule has 1 saturated heterocycles. The molecule has 1 aliphatic rings. The van der Waals surface area contributed by atoms with Crippen molar-refractivity contribution >= 4 is 24.0 Å². The summed E-state index contributed by atoms with van der Waals surface area (Å²) in [6, 6.07) is 2.23. The lowest BCUT2D eigenvalue weighted by Crippen LogP contribution is -2.28. The molecule has 1 aliphatic heterocycles. The van der Waals surface area contributed by atoms with Gasteiger partial charge >= 0.3 is 0 Å². The topological polar surface area (TPSA) is 12.0 Å². The van der Waals surface area contributed by atoms with E-state index in [2.05, 4.69) is 5.32 Å². The fourth-order valence-corrected chi connectivity index (χ4v) is 2.13. The second-order valence-electron chi connectivity index (χ2n) is 3.76. The molecule has 0 spiro atoms. The monoisotopic (exact) mass is 267 g/mol. The van der Waals surface area contributed by atoms with Gasteiger partial charge in [-0.15, -0.1) is 12.4 Å². The van der Waals surface area contributed by atoms with Crippen molar-refractivity contribution < 1.29 is 8.78 Å². The van der Waals surface area contributed by atoms with Crippen molar-refractivity contribution in [2.24, 2.45) is 0 Å². The molecule has 1 aromatic rings. The van der Waals surface area contributed by atoms with Gasteiger partial charge in [-0.05, 0) is 31.5 Å². The quantitative estimate of drug-likeness (QED) is 0.763. The molecule has 1 fully saturated rings. The predicted molar refractivity (Wildman–Crippen MR) is 63.2 cm³/mol. The number of halogens is 4. The largest absolute Gasteiger partial charge is 0.310 e. The Morgan fingerprint density at radius 3 is 2.62 bits per heavy atom. The second-order valence-corrected chi connectivity index (χ2v) is 4.17. The smallest absolute Gasteiger partial charge is 0.149 e. The van der Waals surface area contributed by atoms with Crippen molar-refractivity contribution in [3.05, 3.63) is 34.4 Å². The van der Waals surface area contributed by atoms with Crippen molar-refractivity contribution in [1.82, 2.24) is 5.32 Å². The Balaban J connectivity index is 0.00000128. The van der Waals surface area contributed by atoms with Gasteiger partial charge in [0.15, 0.2) is 0 Å². The van der Waals surface area contributed by atoms with E-state index in [0.717, 1.165) is 25.8 Å². The van der Waals surface area contributed by atoms with Gasteiger partial charge in [-0.25, -0.2) is 8.78 Å². The molecule has 0 saturated carbocycles. The maximum Gasteiger partial charge on any atom is 0.149 e. The van der Waals surface area contributed by atoms with Crippen LogP contribution in [0.4, 0.5) is 8.78 Å². The molecule has 1 aromatic carbocycles. The molecule has 1 nitrogen and oxygen atoms in total. The van der Waals surface area contributed by atoms with Gasteiger partial charge in [0, 0.05) is 11.6 Å². The summed E-state index contributed by atoms with van der Waals surface area (Å²) in [6.45, 7) is 0.802. The average molecular weight is 268 g/mol. The molecule has 1 N–H and O–H groups in total. The highest BCUT2D eigenvalue weighted by atomic mass is 35.5. The highest BCUT2D eigenvalue weighted by molar-refractivity contribution is 6.30. The summed E-state index contributed by atoms with van der Waals surface area (Å²) in [7, 11) is 0. The van der Waals surface area contributed by atoms with Crippen LogP contribution in [0.1, 0.15) is 30.9 Å². The Kier molecular flexibility index (Phi) is 4.96. The molecule has 0 unspecified atom stereocenters. The molecule has 0 aromatic heterocycles. The minimum absolute atomic E-state index is 0. The van der Waals surface area contributed by atoms with Crippen LogP contribution in [0, 0.1) is 11.6 Å². The van der Waals surface area contributed by atoms with E-state index in [1.54, 1.807) is 0 Å². The number of piperidine rings is 1. The Morgan fingerprint density at radius 2 is 2.00 bits per heavy atom. The maximum atomic E-state index is 13.6. The summed E-state index contributed by atoms with van der Waals surface area (Å²) in [5, 5.41) is 3.09. The fourth-order valence-electron chi connectivity index (χ4n) is 1.96. The summed E-state index contributed by atoms with van der Waals surface area (Å²) in [6.07, 6.45) is 2.80. The lowest BCUT2D eigenvalue weighted by Gasteiger charge is -2.24. The van der Waals surface area contributed by atoms with Crippen molar-refractivity contribution in [3.8, 4) is 0 Å². The van der Waals surface area contributed by atoms with Crippen LogP contribution in [0.25, 0.3) is 0 Å². The summed E-state index contributed by atoms with van der Waals surface area (Å²) in [5.41, 5.74) is 0.0854. The van der Waals surface area contributed by atoms with Gasteiger partial charge < -0.3 is 5.32 Å². The van der Waals surface area contributed by atoms with Crippen LogP contribution in [0.3, 0.4) is 0 Å². The number of hydrogen-bond donors (Lipinski definition) is 1. The summed E-state index contributed by atoms with van der Waals surface area (Å²) in [5.74, 6) is -1.15. The molecule has 1 heterocycles. The van der Waals surface area contributed by atoms with Crippen LogP contribution in [0.15, 0.2) is 12.1 Å². The molecule has 0 aliphatic carbocycles. The third kappa shape index (κ3) is 2.65. The Bertz CT molecular complexity index is 365. The van der Waals surface area contributed by atoms with Crippen molar-refractivity contribution in [1.29, 1.82) is 0 Å². The first kappa shape index (κ1) is 13.7. The minimum Gasteiger partial charge on any atom is -0.310 e. The Hall–Kier alpha value is -0.380. The zero-order valence-electron chi connectivity index (χ0n) is 8.60. The standard InChI is InChI=1S/C11H12ClF2N.ClH/c12-7-4-5-8(13)10(11(7)14)9-3-1-2-6-15-9;/h4-5,9,15H,1-3,6H2;1H/t9-;/m0./s1. The van der Waals surface area contributed by atoms with Gasteiger partial charge in [-0.3, -0.25) is 0 Å². The van der Waals surface area contributed by atoms with E-state index in [1.807, 2.05) is 0 Å². The molecular formula is C11H13Cl2F2N. The van der Waals surface area contributed by atoms with Gasteiger partial charge in [-0.1, -0.05) is 18.0 Å². The van der Waals surface area contributed by atoms with E-state index in [1.165, 1.54) is 12.1 Å². The molecular weight excluding hydrogens is 255 g/mol. The Morgan fingerprint density at radius 1 is 1.25 bits per heavy atom. The number of benzene rings is 1. The summed E-state index contributed by atoms with van der Waals surface area (Å²) < 4.78 is 27.1. The molecule has 0 radical (unpaired) electrons. The van der Waals surface area contributed by atoms with E-state index in [9.17, 15) is 8.78 Å². The summed E-state index contributed by atoms with van der Waals surface area (Å²) >= 11 is 5.64. The molecule has 2 rings (SSSR count). The molecule has 90 valence electrons. The van der Waals surface area contributed by atoms with Gasteiger partial charge in [0.25, 0.3) is 0 Å². The minimum atomic E-state index is -0.629. The first-order valence-corrected chi connectivity index (χ1v) is 5.44. The lowest BCUT2D eigenvalue weighted by atomic mass is 9.96. The zero-order chi connectivity index (χ0) is 10.8. The first-order chi connectivity index (χ1) is 7.20. The Labute approximate surface area is 105 Å². The van der Waals surface area contributed by atoms with Crippen LogP contribution >= 0.6 is 24.0 Å². The van der Waals surface area contributed by atoms with Crippen LogP contribution < -0.4 is 5.32 Å². The number of nitrogens with one attached hydrogen (secondary N) is 1.